The van der Waals surface area contributed by atoms with E-state index in [4.69, 9.17) is 0 Å². The van der Waals surface area contributed by atoms with E-state index in [2.05, 4.69) is 32.7 Å². The quantitative estimate of drug-likeness (QED) is 0.202. The van der Waals surface area contributed by atoms with Gasteiger partial charge in [-0.3, -0.25) is 15.0 Å². The number of nitrogens with one attached hydrogen (secondary N) is 3. The third-order valence-electron chi connectivity index (χ3n) is 4.58. The first-order chi connectivity index (χ1) is 15.6. The van der Waals surface area contributed by atoms with Gasteiger partial charge in [0.05, 0.1) is 18.6 Å². The number of rotatable bonds is 9. The normalized spacial score (nSPS) is 11.2. The molecule has 0 spiro atoms. The molecular formula is C24H22N4O3S. The molecule has 0 aliphatic heterocycles. The van der Waals surface area contributed by atoms with Gasteiger partial charge in [-0.1, -0.05) is 36.3 Å². The molecule has 1 heterocycles. The van der Waals surface area contributed by atoms with Crippen molar-refractivity contribution in [3.8, 4) is 23.0 Å². The number of H-pyrrole nitrogens is 1. The van der Waals surface area contributed by atoms with Crippen LogP contribution in [0, 0.1) is 11.8 Å². The van der Waals surface area contributed by atoms with Gasteiger partial charge in [-0.25, -0.2) is 10.4 Å². The molecular weight excluding hydrogens is 424 g/mol. The lowest BCUT2D eigenvalue weighted by molar-refractivity contribution is -0.109. The predicted octanol–water partition coefficient (Wildman–Crippen LogP) is 2.87. The molecule has 0 radical (unpaired) electrons. The Balaban J connectivity index is 1.85. The van der Waals surface area contributed by atoms with Crippen molar-refractivity contribution in [3.63, 3.8) is 0 Å². The van der Waals surface area contributed by atoms with Crippen LogP contribution in [0.15, 0.2) is 61.1 Å². The number of aromatic amines is 1. The fourth-order valence-electron chi connectivity index (χ4n) is 2.90. The second kappa shape index (κ2) is 11.6. The lowest BCUT2D eigenvalue weighted by Crippen LogP contribution is -2.45. The molecule has 162 valence electrons. The minimum absolute atomic E-state index is 0.314. The zero-order valence-corrected chi connectivity index (χ0v) is 18.2. The molecule has 0 bridgehead atoms. The summed E-state index contributed by atoms with van der Waals surface area (Å²) in [4.78, 5) is 42.8. The molecule has 0 aliphatic carbocycles. The summed E-state index contributed by atoms with van der Waals surface area (Å²) < 4.78 is 0. The first-order valence-corrected chi connectivity index (χ1v) is 11.3. The van der Waals surface area contributed by atoms with Gasteiger partial charge in [0, 0.05) is 11.1 Å². The number of thioether (sulfide) groups is 1. The molecule has 0 saturated heterocycles. The highest BCUT2D eigenvalue weighted by atomic mass is 32.2. The van der Waals surface area contributed by atoms with Crippen LogP contribution < -0.4 is 10.9 Å². The Labute approximate surface area is 190 Å². The molecule has 0 aliphatic rings. The van der Waals surface area contributed by atoms with Crippen molar-refractivity contribution < 1.29 is 14.4 Å². The summed E-state index contributed by atoms with van der Waals surface area (Å²) in [6.07, 6.45) is 6.18. The number of imidazole rings is 1. The van der Waals surface area contributed by atoms with Gasteiger partial charge in [0.25, 0.3) is 11.7 Å². The molecule has 1 atom stereocenters. The van der Waals surface area contributed by atoms with E-state index in [1.54, 1.807) is 30.0 Å². The Kier molecular flexibility index (Phi) is 8.37. The zero-order valence-electron chi connectivity index (χ0n) is 17.4. The van der Waals surface area contributed by atoms with Crippen LogP contribution in [0.2, 0.25) is 0 Å². The van der Waals surface area contributed by atoms with Crippen molar-refractivity contribution in [2.24, 2.45) is 0 Å². The van der Waals surface area contributed by atoms with Gasteiger partial charge in [-0.15, -0.1) is 0 Å². The molecule has 0 saturated carbocycles. The van der Waals surface area contributed by atoms with E-state index in [1.165, 1.54) is 12.5 Å². The number of aromatic nitrogens is 2. The van der Waals surface area contributed by atoms with Crippen molar-refractivity contribution in [1.82, 2.24) is 20.8 Å². The van der Waals surface area contributed by atoms with Crippen molar-refractivity contribution in [2.75, 3.05) is 12.0 Å². The largest absolute Gasteiger partial charge is 0.341 e. The van der Waals surface area contributed by atoms with E-state index < -0.39 is 6.04 Å². The Morgan fingerprint density at radius 2 is 2.03 bits per heavy atom. The summed E-state index contributed by atoms with van der Waals surface area (Å²) in [5.74, 6) is 5.49. The van der Waals surface area contributed by atoms with E-state index in [9.17, 15) is 14.4 Å². The summed E-state index contributed by atoms with van der Waals surface area (Å²) in [6, 6.07) is 14.0. The first kappa shape index (κ1) is 23.0. The minimum Gasteiger partial charge on any atom is -0.341 e. The summed E-state index contributed by atoms with van der Waals surface area (Å²) in [5.41, 5.74) is 8.23. The number of Topliss-reactive ketones (excluding diaryl/α,β-unsaturated/α-hetero) is 1. The number of hydrogen-bond donors (Lipinski definition) is 3. The molecule has 3 rings (SSSR count). The minimum atomic E-state index is -0.467. The number of ketones is 1. The van der Waals surface area contributed by atoms with Crippen LogP contribution in [0.3, 0.4) is 0 Å². The Morgan fingerprint density at radius 1 is 1.22 bits per heavy atom. The SMILES string of the molecule is CSCC[C@H](C=O)NNC(=O)c1ccc(C#CC(=O)c2cnc[nH]2)cc1-c1ccccc1. The number of aldehydes is 1. The fourth-order valence-corrected chi connectivity index (χ4v) is 3.39. The molecule has 7 nitrogen and oxygen atoms in total. The second-order valence-electron chi connectivity index (χ2n) is 6.79. The number of amides is 1. The molecule has 1 amide bonds. The van der Waals surface area contributed by atoms with Crippen LogP contribution in [0.1, 0.15) is 32.8 Å². The van der Waals surface area contributed by atoms with Gasteiger partial charge in [0.1, 0.15) is 12.0 Å². The van der Waals surface area contributed by atoms with Gasteiger partial charge < -0.3 is 9.78 Å². The maximum absolute atomic E-state index is 12.9. The van der Waals surface area contributed by atoms with Gasteiger partial charge in [0.2, 0.25) is 0 Å². The van der Waals surface area contributed by atoms with Crippen molar-refractivity contribution in [3.05, 3.63) is 77.9 Å². The fraction of sp³-hybridized carbons (Fsp3) is 0.167. The van der Waals surface area contributed by atoms with E-state index in [-0.39, 0.29) is 11.7 Å². The molecule has 8 heteroatoms. The van der Waals surface area contributed by atoms with Crippen LogP contribution in [0.4, 0.5) is 0 Å². The molecule has 2 aromatic carbocycles. The summed E-state index contributed by atoms with van der Waals surface area (Å²) >= 11 is 1.63. The Hall–Kier alpha value is -3.67. The van der Waals surface area contributed by atoms with Crippen molar-refractivity contribution in [1.29, 1.82) is 0 Å². The lowest BCUT2D eigenvalue weighted by Gasteiger charge is -2.15. The Morgan fingerprint density at radius 3 is 2.72 bits per heavy atom. The highest BCUT2D eigenvalue weighted by Crippen LogP contribution is 2.25. The summed E-state index contributed by atoms with van der Waals surface area (Å²) in [6.45, 7) is 0. The van der Waals surface area contributed by atoms with Crippen LogP contribution in [0.25, 0.3) is 11.1 Å². The average Bonchev–Trinajstić information content (AvgIpc) is 3.38. The number of carbonyl (C=O) groups is 3. The average molecular weight is 447 g/mol. The number of hydrogen-bond acceptors (Lipinski definition) is 6. The van der Waals surface area contributed by atoms with E-state index in [1.807, 2.05) is 36.6 Å². The third-order valence-corrected chi connectivity index (χ3v) is 5.22. The van der Waals surface area contributed by atoms with Crippen LogP contribution >= 0.6 is 11.8 Å². The standard InChI is InChI=1S/C24H22N4O3S/c1-32-12-11-19(15-29)27-28-24(31)20-9-7-17(8-10-23(30)22-14-25-16-26-22)13-21(20)18-5-3-2-4-6-18/h2-7,9,13-16,19,27H,11-12H2,1H3,(H,25,26)(H,28,31)/t19-/m1/s1. The number of carbonyl (C=O) groups excluding carboxylic acids is 3. The van der Waals surface area contributed by atoms with E-state index in [0.29, 0.717) is 28.8 Å². The highest BCUT2D eigenvalue weighted by molar-refractivity contribution is 7.98. The van der Waals surface area contributed by atoms with Crippen molar-refractivity contribution >= 4 is 29.7 Å². The van der Waals surface area contributed by atoms with Crippen LogP contribution in [0.5, 0.6) is 0 Å². The topological polar surface area (TPSA) is 104 Å². The number of nitrogens with zero attached hydrogens (tertiary/aromatic N) is 1. The number of benzene rings is 2. The second-order valence-corrected chi connectivity index (χ2v) is 7.78. The molecule has 3 aromatic rings. The van der Waals surface area contributed by atoms with Crippen LogP contribution in [-0.2, 0) is 4.79 Å². The summed E-state index contributed by atoms with van der Waals surface area (Å²) in [7, 11) is 0. The lowest BCUT2D eigenvalue weighted by atomic mass is 9.97. The van der Waals surface area contributed by atoms with Gasteiger partial charge in [0.15, 0.2) is 0 Å². The number of hydrazine groups is 1. The molecule has 32 heavy (non-hydrogen) atoms. The predicted molar refractivity (Wildman–Crippen MR) is 125 cm³/mol. The molecule has 1 aromatic heterocycles. The van der Waals surface area contributed by atoms with Crippen LogP contribution in [-0.4, -0.2) is 46.0 Å². The highest BCUT2D eigenvalue weighted by Gasteiger charge is 2.15. The first-order valence-electron chi connectivity index (χ1n) is 9.86. The Bertz CT molecular complexity index is 1140. The van der Waals surface area contributed by atoms with E-state index in [0.717, 1.165) is 17.6 Å². The van der Waals surface area contributed by atoms with Crippen molar-refractivity contribution in [2.45, 2.75) is 12.5 Å². The monoisotopic (exact) mass is 446 g/mol. The van der Waals surface area contributed by atoms with Gasteiger partial charge in [-0.2, -0.15) is 11.8 Å². The molecule has 0 unspecified atom stereocenters. The smallest absolute Gasteiger partial charge is 0.266 e. The zero-order chi connectivity index (χ0) is 22.8. The maximum atomic E-state index is 12.9. The van der Waals surface area contributed by atoms with Gasteiger partial charge >= 0.3 is 0 Å². The van der Waals surface area contributed by atoms with Gasteiger partial charge in [-0.05, 0) is 53.7 Å². The maximum Gasteiger partial charge on any atom is 0.266 e. The summed E-state index contributed by atoms with van der Waals surface area (Å²) in [5, 5.41) is 0. The third kappa shape index (κ3) is 6.17. The molecule has 0 fully saturated rings. The molecule has 3 N–H and O–H groups in total. The van der Waals surface area contributed by atoms with E-state index >= 15 is 0 Å².